The van der Waals surface area contributed by atoms with Gasteiger partial charge in [0.05, 0.1) is 0 Å². The Labute approximate surface area is 96.4 Å². The number of rotatable bonds is 0. The molecule has 1 saturated heterocycles. The lowest BCUT2D eigenvalue weighted by Crippen LogP contribution is -2.31. The minimum atomic E-state index is 0. The molecule has 0 aromatic rings. The normalized spacial score (nSPS) is 27.2. The number of likely N-dealkylation sites (N-methyl/N-ethyl adjacent to an activating group) is 1. The van der Waals surface area contributed by atoms with Crippen LogP contribution in [0.1, 0.15) is 46.5 Å². The Morgan fingerprint density at radius 2 is 1.80 bits per heavy atom. The summed E-state index contributed by atoms with van der Waals surface area (Å²) in [7, 11) is 2.24. The van der Waals surface area contributed by atoms with Crippen molar-refractivity contribution >= 4 is 0 Å². The summed E-state index contributed by atoms with van der Waals surface area (Å²) in [5.41, 5.74) is 0. The summed E-state index contributed by atoms with van der Waals surface area (Å²) in [5, 5.41) is 3.50. The second-order valence-electron chi connectivity index (χ2n) is 4.80. The van der Waals surface area contributed by atoms with Crippen LogP contribution in [0.5, 0.6) is 0 Å². The highest BCUT2D eigenvalue weighted by atomic mass is 15.1. The molecular weight excluding hydrogens is 184 g/mol. The van der Waals surface area contributed by atoms with Crippen molar-refractivity contribution in [1.29, 1.82) is 0 Å². The quantitative estimate of drug-likeness (QED) is 0.667. The maximum atomic E-state index is 3.50. The zero-order chi connectivity index (χ0) is 10.2. The Kier molecular flexibility index (Phi) is 9.12. The van der Waals surface area contributed by atoms with E-state index >= 15 is 0 Å². The van der Waals surface area contributed by atoms with Crippen LogP contribution in [0.2, 0.25) is 0 Å². The third kappa shape index (κ3) is 7.80. The van der Waals surface area contributed by atoms with Crippen LogP contribution in [0.25, 0.3) is 0 Å². The maximum Gasteiger partial charge on any atom is 0.0104 e. The summed E-state index contributed by atoms with van der Waals surface area (Å²) >= 11 is 0. The van der Waals surface area contributed by atoms with Crippen molar-refractivity contribution in [2.75, 3.05) is 33.2 Å². The Balaban J connectivity index is 0.00000196. The van der Waals surface area contributed by atoms with Crippen LogP contribution < -0.4 is 5.32 Å². The number of hydrogen-bond acceptors (Lipinski definition) is 2. The van der Waals surface area contributed by atoms with Crippen molar-refractivity contribution in [3.05, 3.63) is 0 Å². The Hall–Kier alpha value is -0.0800. The van der Waals surface area contributed by atoms with E-state index in [-0.39, 0.29) is 7.43 Å². The molecule has 0 saturated carbocycles. The summed E-state index contributed by atoms with van der Waals surface area (Å²) in [4.78, 5) is 2.45. The molecule has 0 radical (unpaired) electrons. The second kappa shape index (κ2) is 9.17. The van der Waals surface area contributed by atoms with E-state index in [2.05, 4.69) is 24.2 Å². The second-order valence-corrected chi connectivity index (χ2v) is 4.80. The Morgan fingerprint density at radius 1 is 1.00 bits per heavy atom. The van der Waals surface area contributed by atoms with Gasteiger partial charge in [0.2, 0.25) is 0 Å². The van der Waals surface area contributed by atoms with Gasteiger partial charge >= 0.3 is 0 Å². The molecule has 1 aliphatic heterocycles. The van der Waals surface area contributed by atoms with Gasteiger partial charge < -0.3 is 10.2 Å². The predicted molar refractivity (Wildman–Crippen MR) is 69.3 cm³/mol. The monoisotopic (exact) mass is 214 g/mol. The first-order chi connectivity index (χ1) is 6.79. The van der Waals surface area contributed by atoms with Gasteiger partial charge in [-0.1, -0.05) is 33.6 Å². The molecule has 0 spiro atoms. The summed E-state index contributed by atoms with van der Waals surface area (Å²) in [6, 6.07) is 0. The lowest BCUT2D eigenvalue weighted by atomic mass is 9.99. The van der Waals surface area contributed by atoms with Gasteiger partial charge in [-0.25, -0.2) is 0 Å². The average molecular weight is 214 g/mol. The molecule has 0 bridgehead atoms. The fourth-order valence-corrected chi connectivity index (χ4v) is 2.01. The molecule has 0 amide bonds. The fourth-order valence-electron chi connectivity index (χ4n) is 2.01. The molecule has 1 aliphatic rings. The average Bonchev–Trinajstić information content (AvgIpc) is 2.17. The smallest absolute Gasteiger partial charge is 0.0104 e. The molecule has 0 aromatic heterocycles. The lowest BCUT2D eigenvalue weighted by Gasteiger charge is -2.20. The highest BCUT2D eigenvalue weighted by molar-refractivity contribution is 4.61. The standard InChI is InChI=1S/C12H26N2.CH4/c1-12-6-4-3-5-8-13-9-11-14(2)10-7-12;/h12-13H,3-11H2,1-2H3;1H4. The Morgan fingerprint density at radius 3 is 2.60 bits per heavy atom. The molecule has 15 heavy (non-hydrogen) atoms. The van der Waals surface area contributed by atoms with Crippen LogP contribution in [0.15, 0.2) is 0 Å². The van der Waals surface area contributed by atoms with Crippen LogP contribution in [0.3, 0.4) is 0 Å². The zero-order valence-corrected chi connectivity index (χ0v) is 9.89. The molecule has 0 aromatic carbocycles. The summed E-state index contributed by atoms with van der Waals surface area (Å²) in [6.45, 7) is 7.24. The molecule has 1 fully saturated rings. The van der Waals surface area contributed by atoms with Gasteiger partial charge in [0.1, 0.15) is 0 Å². The van der Waals surface area contributed by atoms with E-state index in [1.807, 2.05) is 0 Å². The van der Waals surface area contributed by atoms with Gasteiger partial charge in [0, 0.05) is 13.1 Å². The van der Waals surface area contributed by atoms with Gasteiger partial charge in [0.15, 0.2) is 0 Å². The summed E-state index contributed by atoms with van der Waals surface area (Å²) in [6.07, 6.45) is 6.99. The van der Waals surface area contributed by atoms with Crippen molar-refractivity contribution in [1.82, 2.24) is 10.2 Å². The Bertz CT molecular complexity index is 120. The van der Waals surface area contributed by atoms with Crippen molar-refractivity contribution in [2.45, 2.75) is 46.5 Å². The van der Waals surface area contributed by atoms with E-state index < -0.39 is 0 Å². The van der Waals surface area contributed by atoms with E-state index in [1.54, 1.807) is 0 Å². The molecule has 1 unspecified atom stereocenters. The van der Waals surface area contributed by atoms with Gasteiger partial charge in [-0.3, -0.25) is 0 Å². The van der Waals surface area contributed by atoms with Crippen molar-refractivity contribution in [2.24, 2.45) is 5.92 Å². The predicted octanol–water partition coefficient (Wildman–Crippen LogP) is 2.74. The van der Waals surface area contributed by atoms with Crippen LogP contribution in [0, 0.1) is 5.92 Å². The zero-order valence-electron chi connectivity index (χ0n) is 9.89. The third-order valence-electron chi connectivity index (χ3n) is 3.22. The summed E-state index contributed by atoms with van der Waals surface area (Å²) in [5.74, 6) is 0.921. The number of nitrogens with zero attached hydrogens (tertiary/aromatic N) is 1. The van der Waals surface area contributed by atoms with Crippen molar-refractivity contribution in [3.63, 3.8) is 0 Å². The van der Waals surface area contributed by atoms with E-state index in [1.165, 1.54) is 51.7 Å². The molecule has 2 nitrogen and oxygen atoms in total. The minimum absolute atomic E-state index is 0. The van der Waals surface area contributed by atoms with Gasteiger partial charge in [0.25, 0.3) is 0 Å². The van der Waals surface area contributed by atoms with Gasteiger partial charge in [-0.2, -0.15) is 0 Å². The largest absolute Gasteiger partial charge is 0.315 e. The van der Waals surface area contributed by atoms with E-state index in [0.717, 1.165) is 12.5 Å². The van der Waals surface area contributed by atoms with Crippen molar-refractivity contribution in [3.8, 4) is 0 Å². The van der Waals surface area contributed by atoms with E-state index in [9.17, 15) is 0 Å². The topological polar surface area (TPSA) is 15.3 Å². The minimum Gasteiger partial charge on any atom is -0.315 e. The van der Waals surface area contributed by atoms with Crippen LogP contribution in [0.4, 0.5) is 0 Å². The highest BCUT2D eigenvalue weighted by Crippen LogP contribution is 2.13. The SMILES string of the molecule is C.CC1CCCCCNCCN(C)CC1. The molecule has 92 valence electrons. The summed E-state index contributed by atoms with van der Waals surface area (Å²) < 4.78 is 0. The molecule has 1 rings (SSSR count). The lowest BCUT2D eigenvalue weighted by molar-refractivity contribution is 0.292. The first-order valence-corrected chi connectivity index (χ1v) is 6.18. The van der Waals surface area contributed by atoms with E-state index in [0.29, 0.717) is 0 Å². The highest BCUT2D eigenvalue weighted by Gasteiger charge is 2.05. The molecule has 1 atom stereocenters. The van der Waals surface area contributed by atoms with Crippen LogP contribution >= 0.6 is 0 Å². The van der Waals surface area contributed by atoms with Crippen LogP contribution in [-0.2, 0) is 0 Å². The first-order valence-electron chi connectivity index (χ1n) is 6.18. The van der Waals surface area contributed by atoms with Crippen LogP contribution in [-0.4, -0.2) is 38.1 Å². The molecule has 2 heteroatoms. The van der Waals surface area contributed by atoms with Gasteiger partial charge in [-0.05, 0) is 38.9 Å². The maximum absolute atomic E-state index is 3.50. The third-order valence-corrected chi connectivity index (χ3v) is 3.22. The molecule has 1 heterocycles. The number of hydrogen-bond donors (Lipinski definition) is 1. The van der Waals surface area contributed by atoms with Gasteiger partial charge in [-0.15, -0.1) is 0 Å². The number of nitrogens with one attached hydrogen (secondary N) is 1. The molecule has 1 N–H and O–H groups in total. The van der Waals surface area contributed by atoms with Crippen molar-refractivity contribution < 1.29 is 0 Å². The molecule has 0 aliphatic carbocycles. The molecular formula is C13H30N2. The van der Waals surface area contributed by atoms with E-state index in [4.69, 9.17) is 0 Å². The first kappa shape index (κ1) is 14.9. The fraction of sp³-hybridized carbons (Fsp3) is 1.00.